The van der Waals surface area contributed by atoms with E-state index in [0.717, 1.165) is 19.4 Å². The maximum Gasteiger partial charge on any atom is 0.261 e. The third-order valence-electron chi connectivity index (χ3n) is 5.05. The van der Waals surface area contributed by atoms with Crippen LogP contribution in [0.2, 0.25) is 5.04 Å². The van der Waals surface area contributed by atoms with Gasteiger partial charge in [0.2, 0.25) is 0 Å². The van der Waals surface area contributed by atoms with Crippen LogP contribution >= 0.6 is 22.6 Å². The summed E-state index contributed by atoms with van der Waals surface area (Å²) in [5, 5.41) is 2.78. The van der Waals surface area contributed by atoms with Gasteiger partial charge in [0.05, 0.1) is 0 Å². The highest BCUT2D eigenvalue weighted by molar-refractivity contribution is 14.1. The Morgan fingerprint density at radius 3 is 1.93 bits per heavy atom. The molecule has 146 valence electrons. The molecule has 2 rings (SSSR count). The summed E-state index contributed by atoms with van der Waals surface area (Å²) in [7, 11) is -2.37. The number of hydrogen-bond donors (Lipinski definition) is 0. The van der Waals surface area contributed by atoms with Gasteiger partial charge in [-0.1, -0.05) is 116 Å². The van der Waals surface area contributed by atoms with Crippen LogP contribution in [0.15, 0.2) is 72.3 Å². The van der Waals surface area contributed by atoms with Crippen molar-refractivity contribution in [1.82, 2.24) is 0 Å². The van der Waals surface area contributed by atoms with E-state index in [9.17, 15) is 0 Å². The molecule has 0 aliphatic heterocycles. The highest BCUT2D eigenvalue weighted by atomic mass is 127. The fraction of sp³-hybridized carbons (Fsp3) is 0.417. The molecule has 0 unspecified atom stereocenters. The molecule has 27 heavy (non-hydrogen) atoms. The second kappa shape index (κ2) is 10.6. The van der Waals surface area contributed by atoms with Crippen molar-refractivity contribution in [2.24, 2.45) is 0 Å². The Bertz CT molecular complexity index is 665. The predicted octanol–water partition coefficient (Wildman–Crippen LogP) is 6.11. The third-order valence-corrected chi connectivity index (χ3v) is 10.7. The molecular formula is C24H33IOSi. The van der Waals surface area contributed by atoms with Crippen molar-refractivity contribution in [2.75, 3.05) is 11.0 Å². The van der Waals surface area contributed by atoms with Crippen LogP contribution in [0.5, 0.6) is 0 Å². The highest BCUT2D eigenvalue weighted by Gasteiger charge is 2.49. The van der Waals surface area contributed by atoms with Crippen molar-refractivity contribution in [3.05, 3.63) is 72.3 Å². The van der Waals surface area contributed by atoms with Crippen molar-refractivity contribution < 1.29 is 4.43 Å². The van der Waals surface area contributed by atoms with Gasteiger partial charge in [-0.15, -0.1) is 0 Å². The van der Waals surface area contributed by atoms with Crippen molar-refractivity contribution in [3.8, 4) is 0 Å². The number of allylic oxidation sites excluding steroid dienone is 2. The smallest absolute Gasteiger partial charge is 0.261 e. The zero-order chi connectivity index (χ0) is 19.8. The molecule has 0 atom stereocenters. The molecule has 0 aliphatic carbocycles. The summed E-state index contributed by atoms with van der Waals surface area (Å²) in [6.45, 7) is 10.1. The highest BCUT2D eigenvalue weighted by Crippen LogP contribution is 2.36. The third kappa shape index (κ3) is 5.78. The summed E-state index contributed by atoms with van der Waals surface area (Å²) in [4.78, 5) is 0. The minimum absolute atomic E-state index is 0.0573. The average Bonchev–Trinajstić information content (AvgIpc) is 2.67. The number of benzene rings is 2. The molecule has 0 saturated heterocycles. The lowest BCUT2D eigenvalue weighted by Crippen LogP contribution is -2.66. The molecule has 3 heteroatoms. The fourth-order valence-corrected chi connectivity index (χ4v) is 8.66. The largest absolute Gasteiger partial charge is 0.407 e. The summed E-state index contributed by atoms with van der Waals surface area (Å²) in [6, 6.07) is 21.8. The molecule has 2 aromatic carbocycles. The second-order valence-electron chi connectivity index (χ2n) is 8.14. The number of hydrogen-bond acceptors (Lipinski definition) is 1. The lowest BCUT2D eigenvalue weighted by atomic mass is 10.1. The molecule has 0 amide bonds. The Balaban J connectivity index is 2.30. The van der Waals surface area contributed by atoms with Gasteiger partial charge in [-0.3, -0.25) is 0 Å². The van der Waals surface area contributed by atoms with Gasteiger partial charge < -0.3 is 4.43 Å². The maximum absolute atomic E-state index is 6.93. The molecule has 1 nitrogen and oxygen atoms in total. The zero-order valence-electron chi connectivity index (χ0n) is 17.2. The van der Waals surface area contributed by atoms with E-state index in [1.807, 2.05) is 0 Å². The quantitative estimate of drug-likeness (QED) is 0.135. The second-order valence-corrected chi connectivity index (χ2v) is 13.5. The maximum atomic E-state index is 6.93. The van der Waals surface area contributed by atoms with Gasteiger partial charge in [-0.2, -0.15) is 0 Å². The average molecular weight is 493 g/mol. The van der Waals surface area contributed by atoms with E-state index < -0.39 is 8.32 Å². The predicted molar refractivity (Wildman–Crippen MR) is 130 cm³/mol. The van der Waals surface area contributed by atoms with E-state index in [0.29, 0.717) is 0 Å². The van der Waals surface area contributed by atoms with Crippen LogP contribution in [0, 0.1) is 0 Å². The van der Waals surface area contributed by atoms with Gasteiger partial charge >= 0.3 is 0 Å². The zero-order valence-corrected chi connectivity index (χ0v) is 20.3. The van der Waals surface area contributed by atoms with Gasteiger partial charge in [0.15, 0.2) is 0 Å². The number of halogens is 1. The lowest BCUT2D eigenvalue weighted by molar-refractivity contribution is 0.292. The molecule has 2 aromatic rings. The van der Waals surface area contributed by atoms with Gasteiger partial charge in [-0.05, 0) is 41.6 Å². The van der Waals surface area contributed by atoms with E-state index >= 15 is 0 Å². The number of alkyl halides is 1. The first-order valence-electron chi connectivity index (χ1n) is 9.88. The molecule has 0 spiro atoms. The molecule has 0 saturated carbocycles. The monoisotopic (exact) mass is 492 g/mol. The topological polar surface area (TPSA) is 9.23 Å². The van der Waals surface area contributed by atoms with Crippen molar-refractivity contribution in [3.63, 3.8) is 0 Å². The van der Waals surface area contributed by atoms with E-state index in [1.54, 1.807) is 0 Å². The molecule has 0 bridgehead atoms. The first-order chi connectivity index (χ1) is 12.9. The molecule has 0 aliphatic rings. The SMILES string of the molecule is C/C(=C\CCI)CCCO[Si](c1ccccc1)(c1ccccc1)C(C)(C)C. The minimum atomic E-state index is -2.37. The van der Waals surface area contributed by atoms with Crippen LogP contribution < -0.4 is 10.4 Å². The standard InChI is InChI=1S/C24H33IOSi/c1-21(13-11-19-25)14-12-20-26-27(24(2,3)4,22-15-7-5-8-16-22)23-17-9-6-10-18-23/h5-10,13,15-18H,11-12,14,19-20H2,1-4H3/b21-13+. The lowest BCUT2D eigenvalue weighted by Gasteiger charge is -2.43. The van der Waals surface area contributed by atoms with E-state index in [1.165, 1.54) is 26.8 Å². The molecule has 0 aromatic heterocycles. The Morgan fingerprint density at radius 1 is 0.963 bits per heavy atom. The van der Waals surface area contributed by atoms with E-state index in [4.69, 9.17) is 4.43 Å². The minimum Gasteiger partial charge on any atom is -0.407 e. The van der Waals surface area contributed by atoms with Crippen molar-refractivity contribution in [2.45, 2.75) is 52.0 Å². The van der Waals surface area contributed by atoms with Crippen LogP contribution in [-0.4, -0.2) is 19.4 Å². The van der Waals surface area contributed by atoms with E-state index in [2.05, 4.69) is 117 Å². The molecule has 0 radical (unpaired) electrons. The summed E-state index contributed by atoms with van der Waals surface area (Å²) in [6.07, 6.45) is 5.74. The Hall–Kier alpha value is -0.913. The first-order valence-corrected chi connectivity index (χ1v) is 13.3. The van der Waals surface area contributed by atoms with Crippen molar-refractivity contribution >= 4 is 41.3 Å². The fourth-order valence-electron chi connectivity index (χ4n) is 3.74. The van der Waals surface area contributed by atoms with Gasteiger partial charge in [0, 0.05) is 11.0 Å². The molecule has 0 heterocycles. The van der Waals surface area contributed by atoms with Gasteiger partial charge in [0.1, 0.15) is 0 Å². The Labute approximate surface area is 180 Å². The van der Waals surface area contributed by atoms with Crippen LogP contribution in [0.3, 0.4) is 0 Å². The first kappa shape index (κ1) is 22.4. The normalized spacial score (nSPS) is 13.0. The molecule has 0 N–H and O–H groups in total. The summed E-state index contributed by atoms with van der Waals surface area (Å²) in [5.41, 5.74) is 1.48. The summed E-state index contributed by atoms with van der Waals surface area (Å²) >= 11 is 2.43. The Morgan fingerprint density at radius 2 is 1.48 bits per heavy atom. The molecule has 0 fully saturated rings. The van der Waals surface area contributed by atoms with Gasteiger partial charge in [-0.25, -0.2) is 0 Å². The van der Waals surface area contributed by atoms with E-state index in [-0.39, 0.29) is 5.04 Å². The summed E-state index contributed by atoms with van der Waals surface area (Å²) in [5.74, 6) is 0. The summed E-state index contributed by atoms with van der Waals surface area (Å²) < 4.78 is 8.12. The van der Waals surface area contributed by atoms with Crippen LogP contribution in [0.1, 0.15) is 47.0 Å². The van der Waals surface area contributed by atoms with Crippen LogP contribution in [0.4, 0.5) is 0 Å². The van der Waals surface area contributed by atoms with Crippen molar-refractivity contribution in [1.29, 1.82) is 0 Å². The van der Waals surface area contributed by atoms with Gasteiger partial charge in [0.25, 0.3) is 8.32 Å². The van der Waals surface area contributed by atoms with Crippen LogP contribution in [-0.2, 0) is 4.43 Å². The molecular weight excluding hydrogens is 459 g/mol. The Kier molecular flexibility index (Phi) is 8.77. The van der Waals surface area contributed by atoms with Crippen LogP contribution in [0.25, 0.3) is 0 Å². The number of rotatable bonds is 9.